The molecule has 0 spiro atoms. The van der Waals surface area contributed by atoms with Crippen molar-refractivity contribution in [3.8, 4) is 5.75 Å². The first-order valence-electron chi connectivity index (χ1n) is 5.81. The Balaban J connectivity index is 2.13. The Hall–Kier alpha value is -1.99. The number of fused-ring (bicyclic) bond motifs is 1. The van der Waals surface area contributed by atoms with Crippen LogP contribution in [0.15, 0.2) is 45.5 Å². The van der Waals surface area contributed by atoms with Gasteiger partial charge in [0.2, 0.25) is 5.13 Å². The lowest BCUT2D eigenvalue weighted by Gasteiger charge is -2.06. The van der Waals surface area contributed by atoms with Crippen LogP contribution in [0.3, 0.4) is 0 Å². The minimum absolute atomic E-state index is 0.0405. The van der Waals surface area contributed by atoms with E-state index < -0.39 is 0 Å². The van der Waals surface area contributed by atoms with Crippen LogP contribution in [0.25, 0.3) is 10.8 Å². The van der Waals surface area contributed by atoms with Crippen molar-refractivity contribution in [1.29, 1.82) is 0 Å². The maximum Gasteiger partial charge on any atom is 0.249 e. The maximum absolute atomic E-state index is 10.0. The minimum atomic E-state index is 0.0405. The van der Waals surface area contributed by atoms with E-state index in [1.54, 1.807) is 13.0 Å². The average Bonchev–Trinajstić information content (AvgIpc) is 2.84. The van der Waals surface area contributed by atoms with E-state index in [0.29, 0.717) is 21.5 Å². The van der Waals surface area contributed by atoms with Crippen molar-refractivity contribution in [2.75, 3.05) is 0 Å². The molecule has 0 unspecified atom stereocenters. The van der Waals surface area contributed by atoms with E-state index in [9.17, 15) is 5.11 Å². The second-order valence-corrected chi connectivity index (χ2v) is 5.35. The van der Waals surface area contributed by atoms with E-state index in [1.807, 2.05) is 24.3 Å². The third-order valence-electron chi connectivity index (χ3n) is 2.73. The molecule has 1 N–H and O–H groups in total. The van der Waals surface area contributed by atoms with Gasteiger partial charge in [-0.2, -0.15) is 4.37 Å². The first-order valence-corrected chi connectivity index (χ1v) is 7.03. The molecule has 7 heteroatoms. The zero-order chi connectivity index (χ0) is 14.1. The van der Waals surface area contributed by atoms with Crippen molar-refractivity contribution in [1.82, 2.24) is 9.36 Å². The summed E-state index contributed by atoms with van der Waals surface area (Å²) < 4.78 is 4.03. The van der Waals surface area contributed by atoms with Crippen LogP contribution in [0.1, 0.15) is 5.82 Å². The molecule has 0 saturated heterocycles. The van der Waals surface area contributed by atoms with Gasteiger partial charge in [0.15, 0.2) is 0 Å². The summed E-state index contributed by atoms with van der Waals surface area (Å²) in [6.07, 6.45) is 0. The molecular weight excluding hydrogens is 292 g/mol. The largest absolute Gasteiger partial charge is 0.506 e. The van der Waals surface area contributed by atoms with Crippen LogP contribution in [0.2, 0.25) is 0 Å². The quantitative estimate of drug-likeness (QED) is 0.544. The number of aryl methyl sites for hydroxylation is 1. The molecule has 1 aromatic heterocycles. The predicted octanol–water partition coefficient (Wildman–Crippen LogP) is 4.41. The number of aromatic hydroxyl groups is 1. The lowest BCUT2D eigenvalue weighted by Crippen LogP contribution is -1.78. The lowest BCUT2D eigenvalue weighted by atomic mass is 10.1. The molecule has 20 heavy (non-hydrogen) atoms. The summed E-state index contributed by atoms with van der Waals surface area (Å²) in [5.41, 5.74) is 0.409. The van der Waals surface area contributed by atoms with Crippen molar-refractivity contribution >= 4 is 45.8 Å². The summed E-state index contributed by atoms with van der Waals surface area (Å²) in [4.78, 5) is 4.80. The van der Waals surface area contributed by atoms with Gasteiger partial charge in [-0.1, -0.05) is 24.3 Å². The lowest BCUT2D eigenvalue weighted by molar-refractivity contribution is 0.476. The second kappa shape index (κ2) is 5.18. The smallest absolute Gasteiger partial charge is 0.249 e. The van der Waals surface area contributed by atoms with Crippen LogP contribution in [0, 0.1) is 6.92 Å². The number of thiol groups is 1. The van der Waals surface area contributed by atoms with Crippen LogP contribution in [-0.2, 0) is 0 Å². The van der Waals surface area contributed by atoms with E-state index in [4.69, 9.17) is 0 Å². The molecule has 2 aromatic carbocycles. The van der Waals surface area contributed by atoms with Gasteiger partial charge in [-0.15, -0.1) is 22.9 Å². The fourth-order valence-electron chi connectivity index (χ4n) is 1.85. The molecule has 0 aliphatic carbocycles. The molecule has 0 aliphatic heterocycles. The highest BCUT2D eigenvalue weighted by atomic mass is 32.1. The van der Waals surface area contributed by atoms with Gasteiger partial charge in [-0.3, -0.25) is 0 Å². The zero-order valence-corrected chi connectivity index (χ0v) is 12.2. The Bertz CT molecular complexity index is 813. The Labute approximate surface area is 124 Å². The molecule has 5 nitrogen and oxygen atoms in total. The van der Waals surface area contributed by atoms with Gasteiger partial charge in [-0.25, -0.2) is 4.98 Å². The summed E-state index contributed by atoms with van der Waals surface area (Å²) in [5, 5.41) is 20.3. The monoisotopic (exact) mass is 302 g/mol. The summed E-state index contributed by atoms with van der Waals surface area (Å²) >= 11 is 5.52. The molecule has 0 radical (unpaired) electrons. The molecule has 0 bridgehead atoms. The number of rotatable bonds is 2. The van der Waals surface area contributed by atoms with E-state index >= 15 is 0 Å². The summed E-state index contributed by atoms with van der Waals surface area (Å²) in [5.74, 6) is 0.697. The van der Waals surface area contributed by atoms with E-state index in [2.05, 4.69) is 32.2 Å². The number of phenols is 1. The van der Waals surface area contributed by atoms with Crippen LogP contribution in [0.5, 0.6) is 5.75 Å². The van der Waals surface area contributed by atoms with Crippen molar-refractivity contribution in [2.45, 2.75) is 11.8 Å². The fourth-order valence-corrected chi connectivity index (χ4v) is 2.67. The normalized spacial score (nSPS) is 11.5. The Morgan fingerprint density at radius 2 is 1.95 bits per heavy atom. The summed E-state index contributed by atoms with van der Waals surface area (Å²) in [7, 11) is 0. The number of hydrogen-bond acceptors (Lipinski definition) is 7. The Morgan fingerprint density at radius 3 is 2.65 bits per heavy atom. The van der Waals surface area contributed by atoms with E-state index in [-0.39, 0.29) is 5.75 Å². The zero-order valence-electron chi connectivity index (χ0n) is 10.5. The van der Waals surface area contributed by atoms with Gasteiger partial charge in [0.05, 0.1) is 0 Å². The second-order valence-electron chi connectivity index (χ2n) is 4.13. The number of nitrogens with zero attached hydrogens (tertiary/aromatic N) is 4. The molecule has 3 rings (SSSR count). The average molecular weight is 302 g/mol. The molecule has 0 aliphatic rings. The molecule has 0 fully saturated rings. The van der Waals surface area contributed by atoms with Crippen molar-refractivity contribution in [3.63, 3.8) is 0 Å². The van der Waals surface area contributed by atoms with Gasteiger partial charge in [0.25, 0.3) is 0 Å². The first-order chi connectivity index (χ1) is 9.65. The van der Waals surface area contributed by atoms with Crippen LogP contribution in [-0.4, -0.2) is 14.5 Å². The third kappa shape index (κ3) is 2.37. The van der Waals surface area contributed by atoms with Crippen molar-refractivity contribution < 1.29 is 5.11 Å². The summed E-state index contributed by atoms with van der Waals surface area (Å²) in [6, 6.07) is 9.14. The minimum Gasteiger partial charge on any atom is -0.506 e. The number of phenolic OH excluding ortho intramolecular Hbond substituents is 1. The van der Waals surface area contributed by atoms with Gasteiger partial charge >= 0.3 is 0 Å². The Morgan fingerprint density at radius 1 is 1.20 bits per heavy atom. The molecule has 0 amide bonds. The van der Waals surface area contributed by atoms with E-state index in [1.165, 1.54) is 0 Å². The fraction of sp³-hybridized carbons (Fsp3) is 0.0769. The van der Waals surface area contributed by atoms with Gasteiger partial charge in [-0.05, 0) is 18.4 Å². The van der Waals surface area contributed by atoms with Gasteiger partial charge in [0.1, 0.15) is 17.3 Å². The number of aromatic nitrogens is 2. The first kappa shape index (κ1) is 13.0. The molecular formula is C13H10N4OS2. The highest BCUT2D eigenvalue weighted by Crippen LogP contribution is 2.39. The van der Waals surface area contributed by atoms with Crippen LogP contribution < -0.4 is 0 Å². The number of benzene rings is 2. The van der Waals surface area contributed by atoms with Crippen molar-refractivity contribution in [2.24, 2.45) is 10.2 Å². The molecule has 1 heterocycles. The number of hydrogen-bond donors (Lipinski definition) is 2. The van der Waals surface area contributed by atoms with Gasteiger partial charge < -0.3 is 5.11 Å². The molecule has 0 saturated carbocycles. The maximum atomic E-state index is 10.0. The molecule has 100 valence electrons. The molecule has 0 atom stereocenters. The Kier molecular flexibility index (Phi) is 3.37. The SMILES string of the molecule is Cc1nsc(/N=N\c2c(O)cc(S)c3ccccc23)n1. The van der Waals surface area contributed by atoms with Crippen LogP contribution in [0.4, 0.5) is 10.8 Å². The highest BCUT2D eigenvalue weighted by Gasteiger charge is 2.09. The van der Waals surface area contributed by atoms with Crippen molar-refractivity contribution in [3.05, 3.63) is 36.2 Å². The van der Waals surface area contributed by atoms with Gasteiger partial charge in [0, 0.05) is 21.8 Å². The topological polar surface area (TPSA) is 70.7 Å². The highest BCUT2D eigenvalue weighted by molar-refractivity contribution is 7.80. The standard InChI is InChI=1S/C13H10N4OS2/c1-7-14-13(20-17-7)16-15-12-9-5-3-2-4-8(9)11(19)6-10(12)18/h2-6,18-19H,1H3/b16-15-. The molecule has 3 aromatic rings. The predicted molar refractivity (Wildman–Crippen MR) is 81.7 cm³/mol. The summed E-state index contributed by atoms with van der Waals surface area (Å²) in [6.45, 7) is 1.79. The van der Waals surface area contributed by atoms with Crippen LogP contribution >= 0.6 is 24.2 Å². The van der Waals surface area contributed by atoms with E-state index in [0.717, 1.165) is 22.3 Å². The third-order valence-corrected chi connectivity index (χ3v) is 3.79. The number of azo groups is 1.